The number of carbonyl (C=O) groups is 2. The van der Waals surface area contributed by atoms with Crippen molar-refractivity contribution in [2.45, 2.75) is 46.1 Å². The molecule has 2 rings (SSSR count). The van der Waals surface area contributed by atoms with Crippen LogP contribution in [0.3, 0.4) is 0 Å². The Bertz CT molecular complexity index is 665. The van der Waals surface area contributed by atoms with Crippen LogP contribution < -0.4 is 15.4 Å². The normalized spacial score (nSPS) is 15.7. The molecule has 1 unspecified atom stereocenters. The van der Waals surface area contributed by atoms with Gasteiger partial charge in [-0.1, -0.05) is 18.2 Å². The van der Waals surface area contributed by atoms with E-state index in [0.717, 1.165) is 17.9 Å². The molecule has 0 saturated carbocycles. The number of guanidine groups is 1. The fourth-order valence-electron chi connectivity index (χ4n) is 2.84. The van der Waals surface area contributed by atoms with Crippen molar-refractivity contribution >= 4 is 41.8 Å². The van der Waals surface area contributed by atoms with Gasteiger partial charge in [-0.2, -0.15) is 0 Å². The lowest BCUT2D eigenvalue weighted by Gasteiger charge is -2.25. The Labute approximate surface area is 184 Å². The molecule has 1 atom stereocenters. The Morgan fingerprint density at radius 3 is 2.54 bits per heavy atom. The van der Waals surface area contributed by atoms with Crippen molar-refractivity contribution in [3.05, 3.63) is 29.8 Å². The van der Waals surface area contributed by atoms with Crippen LogP contribution in [0.5, 0.6) is 5.75 Å². The van der Waals surface area contributed by atoms with Crippen LogP contribution in [0.4, 0.5) is 0 Å². The van der Waals surface area contributed by atoms with Gasteiger partial charge in [0, 0.05) is 32.5 Å². The number of nitrogens with zero attached hydrogens (tertiary/aromatic N) is 2. The second-order valence-electron chi connectivity index (χ2n) is 6.63. The van der Waals surface area contributed by atoms with Crippen LogP contribution in [0.25, 0.3) is 0 Å². The first-order valence-corrected chi connectivity index (χ1v) is 9.59. The number of hydrogen-bond donors (Lipinski definition) is 2. The number of piperidine rings is 1. The fourth-order valence-corrected chi connectivity index (χ4v) is 2.84. The highest BCUT2D eigenvalue weighted by molar-refractivity contribution is 14.0. The number of imide groups is 1. The highest BCUT2D eigenvalue weighted by Gasteiger charge is 2.25. The summed E-state index contributed by atoms with van der Waals surface area (Å²) in [5.41, 5.74) is 1.09. The highest BCUT2D eigenvalue weighted by atomic mass is 127. The Kier molecular flexibility index (Phi) is 10.9. The van der Waals surface area contributed by atoms with Crippen molar-refractivity contribution in [3.8, 4) is 5.75 Å². The van der Waals surface area contributed by atoms with Crippen molar-refractivity contribution in [2.24, 2.45) is 4.99 Å². The number of ether oxygens (including phenoxy) is 1. The molecule has 0 radical (unpaired) electrons. The van der Waals surface area contributed by atoms with Crippen LogP contribution in [0.1, 0.15) is 38.7 Å². The maximum absolute atomic E-state index is 11.8. The van der Waals surface area contributed by atoms with Crippen molar-refractivity contribution < 1.29 is 14.3 Å². The molecule has 2 N–H and O–H groups in total. The maximum atomic E-state index is 11.8. The third-order valence-corrected chi connectivity index (χ3v) is 4.28. The van der Waals surface area contributed by atoms with Crippen LogP contribution in [0.15, 0.2) is 29.3 Å². The zero-order chi connectivity index (χ0) is 19.6. The molecule has 0 bridgehead atoms. The summed E-state index contributed by atoms with van der Waals surface area (Å²) >= 11 is 0. The van der Waals surface area contributed by atoms with Crippen LogP contribution in [-0.2, 0) is 9.59 Å². The minimum absolute atomic E-state index is 0. The van der Waals surface area contributed by atoms with Crippen LogP contribution in [0.2, 0.25) is 0 Å². The Morgan fingerprint density at radius 2 is 1.89 bits per heavy atom. The van der Waals surface area contributed by atoms with Gasteiger partial charge in [-0.15, -0.1) is 24.0 Å². The summed E-state index contributed by atoms with van der Waals surface area (Å²) in [6, 6.07) is 7.90. The van der Waals surface area contributed by atoms with E-state index in [1.54, 1.807) is 0 Å². The summed E-state index contributed by atoms with van der Waals surface area (Å²) in [5.74, 6) is 1.33. The fraction of sp³-hybridized carbons (Fsp3) is 0.550. The zero-order valence-corrected chi connectivity index (χ0v) is 19.2. The lowest BCUT2D eigenvalue weighted by molar-refractivity contribution is -0.147. The third kappa shape index (κ3) is 7.65. The second-order valence-corrected chi connectivity index (χ2v) is 6.63. The van der Waals surface area contributed by atoms with Gasteiger partial charge in [0.1, 0.15) is 11.9 Å². The number of rotatable bonds is 8. The third-order valence-electron chi connectivity index (χ3n) is 4.28. The molecule has 1 aromatic rings. The molecular weight excluding hydrogens is 471 g/mol. The molecule has 2 amide bonds. The SMILES string of the molecule is CCNC(=NCC(C)Oc1ccccc1C)NCCN1C(=O)CCCC1=O.I. The predicted molar refractivity (Wildman–Crippen MR) is 121 cm³/mol. The van der Waals surface area contributed by atoms with Gasteiger partial charge in [0.2, 0.25) is 11.8 Å². The maximum Gasteiger partial charge on any atom is 0.229 e. The number of benzene rings is 1. The molecule has 28 heavy (non-hydrogen) atoms. The molecule has 0 spiro atoms. The summed E-state index contributed by atoms with van der Waals surface area (Å²) in [7, 11) is 0. The quantitative estimate of drug-likeness (QED) is 0.247. The van der Waals surface area contributed by atoms with E-state index < -0.39 is 0 Å². The lowest BCUT2D eigenvalue weighted by Crippen LogP contribution is -2.46. The number of carbonyl (C=O) groups excluding carboxylic acids is 2. The first kappa shape index (κ1) is 24.2. The number of hydrogen-bond acceptors (Lipinski definition) is 4. The van der Waals surface area contributed by atoms with E-state index >= 15 is 0 Å². The van der Waals surface area contributed by atoms with Crippen LogP contribution in [-0.4, -0.2) is 55.0 Å². The number of aryl methyl sites for hydroxylation is 1. The topological polar surface area (TPSA) is 83.0 Å². The van der Waals surface area contributed by atoms with E-state index in [-0.39, 0.29) is 41.9 Å². The number of aliphatic imine (C=N–C) groups is 1. The van der Waals surface area contributed by atoms with Gasteiger partial charge in [0.25, 0.3) is 0 Å². The molecule has 1 fully saturated rings. The zero-order valence-electron chi connectivity index (χ0n) is 16.9. The van der Waals surface area contributed by atoms with Gasteiger partial charge in [0.15, 0.2) is 5.96 Å². The average Bonchev–Trinajstić information content (AvgIpc) is 2.64. The van der Waals surface area contributed by atoms with E-state index in [2.05, 4.69) is 15.6 Å². The van der Waals surface area contributed by atoms with E-state index in [0.29, 0.717) is 44.9 Å². The molecule has 1 aliphatic heterocycles. The lowest BCUT2D eigenvalue weighted by atomic mass is 10.1. The minimum atomic E-state index is -0.0877. The number of amides is 2. The van der Waals surface area contributed by atoms with E-state index in [4.69, 9.17) is 4.74 Å². The summed E-state index contributed by atoms with van der Waals surface area (Å²) in [6.07, 6.45) is 1.48. The molecule has 1 heterocycles. The van der Waals surface area contributed by atoms with Crippen LogP contribution >= 0.6 is 24.0 Å². The number of nitrogens with one attached hydrogen (secondary N) is 2. The van der Waals surface area contributed by atoms with Gasteiger partial charge >= 0.3 is 0 Å². The molecule has 7 nitrogen and oxygen atoms in total. The second kappa shape index (κ2) is 12.6. The van der Waals surface area contributed by atoms with Gasteiger partial charge in [-0.3, -0.25) is 14.5 Å². The van der Waals surface area contributed by atoms with E-state index in [9.17, 15) is 9.59 Å². The van der Waals surface area contributed by atoms with Gasteiger partial charge in [-0.25, -0.2) is 4.99 Å². The van der Waals surface area contributed by atoms with Gasteiger partial charge in [-0.05, 0) is 38.8 Å². The number of likely N-dealkylation sites (tertiary alicyclic amines) is 1. The largest absolute Gasteiger partial charge is 0.489 e. The molecule has 1 saturated heterocycles. The average molecular weight is 502 g/mol. The van der Waals surface area contributed by atoms with Crippen molar-refractivity contribution in [3.63, 3.8) is 0 Å². The standard InChI is InChI=1S/C20H30N4O3.HI/c1-4-21-20(22-12-13-24-18(25)10-7-11-19(24)26)23-14-16(3)27-17-9-6-5-8-15(17)2;/h5-6,8-9,16H,4,7,10-14H2,1-3H3,(H2,21,22,23);1H. The summed E-state index contributed by atoms with van der Waals surface area (Å²) in [4.78, 5) is 29.6. The Balaban J connectivity index is 0.00000392. The minimum Gasteiger partial charge on any atom is -0.489 e. The predicted octanol–water partition coefficient (Wildman–Crippen LogP) is 2.47. The molecule has 1 aliphatic rings. The highest BCUT2D eigenvalue weighted by Crippen LogP contribution is 2.17. The molecule has 0 aromatic heterocycles. The molecular formula is C20H31IN4O3. The molecule has 1 aromatic carbocycles. The molecule has 8 heteroatoms. The van der Waals surface area contributed by atoms with Gasteiger partial charge in [0.05, 0.1) is 6.54 Å². The first-order chi connectivity index (χ1) is 13.0. The van der Waals surface area contributed by atoms with Crippen molar-refractivity contribution in [1.29, 1.82) is 0 Å². The molecule has 156 valence electrons. The number of para-hydroxylation sites is 1. The summed E-state index contributed by atoms with van der Waals surface area (Å²) in [6.45, 7) is 8.02. The molecule has 0 aliphatic carbocycles. The van der Waals surface area contributed by atoms with E-state index in [1.165, 1.54) is 4.90 Å². The number of halogens is 1. The summed E-state index contributed by atoms with van der Waals surface area (Å²) in [5, 5.41) is 6.35. The van der Waals surface area contributed by atoms with E-state index in [1.807, 2.05) is 45.0 Å². The Hall–Kier alpha value is -1.84. The smallest absolute Gasteiger partial charge is 0.229 e. The first-order valence-electron chi connectivity index (χ1n) is 9.59. The monoisotopic (exact) mass is 502 g/mol. The van der Waals surface area contributed by atoms with Crippen molar-refractivity contribution in [2.75, 3.05) is 26.2 Å². The van der Waals surface area contributed by atoms with Crippen molar-refractivity contribution in [1.82, 2.24) is 15.5 Å². The van der Waals surface area contributed by atoms with Crippen LogP contribution in [0, 0.1) is 6.92 Å². The van der Waals surface area contributed by atoms with Gasteiger partial charge < -0.3 is 15.4 Å². The summed E-state index contributed by atoms with van der Waals surface area (Å²) < 4.78 is 5.94. The Morgan fingerprint density at radius 1 is 1.21 bits per heavy atom.